The molecule has 3 nitrogen and oxygen atoms in total. The largest absolute Gasteiger partial charge is 0.298 e. The molecule has 0 saturated carbocycles. The minimum atomic E-state index is 0.257. The van der Waals surface area contributed by atoms with E-state index in [1.165, 1.54) is 5.56 Å². The van der Waals surface area contributed by atoms with Gasteiger partial charge in [0.2, 0.25) is 5.28 Å². The zero-order valence-electron chi connectivity index (χ0n) is 11.0. The first-order valence-electron chi connectivity index (χ1n) is 6.23. The Labute approximate surface area is 113 Å². The standard InChI is InChI=1S/C14H18ClN3/c1-10(2)13-16-17-14(15)18(13)11(3)9-12-7-5-4-6-8-12/h4-8,10-11H,9H2,1-3H3. The molecular formula is C14H18ClN3. The molecule has 0 aliphatic heterocycles. The van der Waals surface area contributed by atoms with E-state index in [1.807, 2.05) is 10.6 Å². The molecule has 1 heterocycles. The van der Waals surface area contributed by atoms with Gasteiger partial charge in [-0.15, -0.1) is 10.2 Å². The normalized spacial score (nSPS) is 12.9. The molecule has 2 rings (SSSR count). The molecule has 0 fully saturated rings. The molecule has 0 bridgehead atoms. The van der Waals surface area contributed by atoms with Gasteiger partial charge < -0.3 is 0 Å². The Hall–Kier alpha value is -1.35. The van der Waals surface area contributed by atoms with Crippen molar-refractivity contribution >= 4 is 11.6 Å². The summed E-state index contributed by atoms with van der Waals surface area (Å²) in [6, 6.07) is 10.7. The topological polar surface area (TPSA) is 30.7 Å². The number of nitrogens with zero attached hydrogens (tertiary/aromatic N) is 3. The molecule has 18 heavy (non-hydrogen) atoms. The fraction of sp³-hybridized carbons (Fsp3) is 0.429. The van der Waals surface area contributed by atoms with E-state index in [-0.39, 0.29) is 6.04 Å². The number of rotatable bonds is 4. The van der Waals surface area contributed by atoms with E-state index >= 15 is 0 Å². The van der Waals surface area contributed by atoms with Gasteiger partial charge in [-0.05, 0) is 30.5 Å². The third-order valence-corrected chi connectivity index (χ3v) is 3.27. The number of halogens is 1. The molecule has 1 atom stereocenters. The van der Waals surface area contributed by atoms with Gasteiger partial charge in [0.25, 0.3) is 0 Å². The van der Waals surface area contributed by atoms with Crippen molar-refractivity contribution in [3.8, 4) is 0 Å². The summed E-state index contributed by atoms with van der Waals surface area (Å²) >= 11 is 6.14. The number of benzene rings is 1. The van der Waals surface area contributed by atoms with Crippen molar-refractivity contribution in [2.75, 3.05) is 0 Å². The summed E-state index contributed by atoms with van der Waals surface area (Å²) in [5.41, 5.74) is 1.30. The average Bonchev–Trinajstić information content (AvgIpc) is 2.72. The van der Waals surface area contributed by atoms with Gasteiger partial charge in [0.15, 0.2) is 0 Å². The van der Waals surface area contributed by atoms with Gasteiger partial charge >= 0.3 is 0 Å². The maximum absolute atomic E-state index is 6.14. The van der Waals surface area contributed by atoms with E-state index in [1.54, 1.807) is 0 Å². The highest BCUT2D eigenvalue weighted by Gasteiger charge is 2.18. The van der Waals surface area contributed by atoms with Gasteiger partial charge in [-0.3, -0.25) is 4.57 Å². The lowest BCUT2D eigenvalue weighted by molar-refractivity contribution is 0.508. The molecular weight excluding hydrogens is 246 g/mol. The smallest absolute Gasteiger partial charge is 0.225 e. The quantitative estimate of drug-likeness (QED) is 0.839. The summed E-state index contributed by atoms with van der Waals surface area (Å²) in [5, 5.41) is 8.61. The number of aromatic nitrogens is 3. The maximum atomic E-state index is 6.14. The first kappa shape index (κ1) is 13.1. The predicted octanol–water partition coefficient (Wildman–Crippen LogP) is 3.86. The Balaban J connectivity index is 2.23. The first-order valence-corrected chi connectivity index (χ1v) is 6.61. The molecule has 1 aromatic heterocycles. The second-order valence-electron chi connectivity index (χ2n) is 4.89. The van der Waals surface area contributed by atoms with Gasteiger partial charge in [0, 0.05) is 12.0 Å². The summed E-state index contributed by atoms with van der Waals surface area (Å²) in [5.74, 6) is 1.27. The van der Waals surface area contributed by atoms with Crippen LogP contribution in [-0.2, 0) is 6.42 Å². The summed E-state index contributed by atoms with van der Waals surface area (Å²) in [6.45, 7) is 6.35. The summed E-state index contributed by atoms with van der Waals surface area (Å²) in [7, 11) is 0. The molecule has 2 aromatic rings. The molecule has 0 aliphatic rings. The van der Waals surface area contributed by atoms with Crippen molar-refractivity contribution in [2.24, 2.45) is 0 Å². The second-order valence-corrected chi connectivity index (χ2v) is 5.23. The fourth-order valence-corrected chi connectivity index (χ4v) is 2.42. The summed E-state index contributed by atoms with van der Waals surface area (Å²) < 4.78 is 2.03. The Morgan fingerprint density at radius 3 is 2.39 bits per heavy atom. The minimum absolute atomic E-state index is 0.257. The van der Waals surface area contributed by atoms with Crippen LogP contribution in [0.5, 0.6) is 0 Å². The van der Waals surface area contributed by atoms with Crippen LogP contribution in [0.3, 0.4) is 0 Å². The van der Waals surface area contributed by atoms with Crippen molar-refractivity contribution in [3.63, 3.8) is 0 Å². The predicted molar refractivity (Wildman–Crippen MR) is 74.0 cm³/mol. The zero-order chi connectivity index (χ0) is 13.1. The van der Waals surface area contributed by atoms with Crippen molar-refractivity contribution < 1.29 is 0 Å². The van der Waals surface area contributed by atoms with Crippen LogP contribution in [-0.4, -0.2) is 14.8 Å². The third-order valence-electron chi connectivity index (χ3n) is 3.01. The average molecular weight is 264 g/mol. The van der Waals surface area contributed by atoms with E-state index in [9.17, 15) is 0 Å². The Morgan fingerprint density at radius 1 is 1.11 bits per heavy atom. The van der Waals surface area contributed by atoms with Gasteiger partial charge in [-0.25, -0.2) is 0 Å². The highest BCUT2D eigenvalue weighted by atomic mass is 35.5. The molecule has 0 radical (unpaired) electrons. The molecule has 0 spiro atoms. The summed E-state index contributed by atoms with van der Waals surface area (Å²) in [6.07, 6.45) is 0.929. The third kappa shape index (κ3) is 2.72. The van der Waals surface area contributed by atoms with Crippen molar-refractivity contribution in [1.82, 2.24) is 14.8 Å². The lowest BCUT2D eigenvalue weighted by Gasteiger charge is -2.18. The van der Waals surface area contributed by atoms with E-state index in [0.717, 1.165) is 12.2 Å². The van der Waals surface area contributed by atoms with Gasteiger partial charge in [0.1, 0.15) is 5.82 Å². The van der Waals surface area contributed by atoms with Crippen LogP contribution >= 0.6 is 11.6 Å². The minimum Gasteiger partial charge on any atom is -0.298 e. The molecule has 4 heteroatoms. The van der Waals surface area contributed by atoms with Crippen LogP contribution in [0.25, 0.3) is 0 Å². The van der Waals surface area contributed by atoms with Gasteiger partial charge in [-0.1, -0.05) is 44.2 Å². The number of hydrogen-bond acceptors (Lipinski definition) is 2. The fourth-order valence-electron chi connectivity index (χ4n) is 2.13. The van der Waals surface area contributed by atoms with Gasteiger partial charge in [-0.2, -0.15) is 0 Å². The zero-order valence-corrected chi connectivity index (χ0v) is 11.7. The molecule has 1 unspecified atom stereocenters. The molecule has 0 N–H and O–H groups in total. The van der Waals surface area contributed by atoms with E-state index in [0.29, 0.717) is 11.2 Å². The maximum Gasteiger partial charge on any atom is 0.225 e. The van der Waals surface area contributed by atoms with Crippen LogP contribution in [0.1, 0.15) is 44.1 Å². The highest BCUT2D eigenvalue weighted by molar-refractivity contribution is 6.28. The van der Waals surface area contributed by atoms with E-state index < -0.39 is 0 Å². The van der Waals surface area contributed by atoms with Crippen LogP contribution in [0.4, 0.5) is 0 Å². The molecule has 96 valence electrons. The number of hydrogen-bond donors (Lipinski definition) is 0. The second kappa shape index (κ2) is 5.53. The van der Waals surface area contributed by atoms with Crippen molar-refractivity contribution in [2.45, 2.75) is 39.2 Å². The Morgan fingerprint density at radius 2 is 1.78 bits per heavy atom. The molecule has 1 aromatic carbocycles. The van der Waals surface area contributed by atoms with Crippen LogP contribution in [0, 0.1) is 0 Å². The molecule has 0 amide bonds. The lowest BCUT2D eigenvalue weighted by Crippen LogP contribution is -2.13. The molecule has 0 aliphatic carbocycles. The Bertz CT molecular complexity index is 505. The summed E-state index contributed by atoms with van der Waals surface area (Å²) in [4.78, 5) is 0. The van der Waals surface area contributed by atoms with Crippen LogP contribution < -0.4 is 0 Å². The van der Waals surface area contributed by atoms with Crippen LogP contribution in [0.2, 0.25) is 5.28 Å². The SMILES string of the molecule is CC(C)c1nnc(Cl)n1C(C)Cc1ccccc1. The first-order chi connectivity index (χ1) is 8.59. The Kier molecular flexibility index (Phi) is 4.02. The van der Waals surface area contributed by atoms with Crippen LogP contribution in [0.15, 0.2) is 30.3 Å². The van der Waals surface area contributed by atoms with E-state index in [2.05, 4.69) is 55.2 Å². The van der Waals surface area contributed by atoms with Crippen molar-refractivity contribution in [3.05, 3.63) is 47.0 Å². The monoisotopic (exact) mass is 263 g/mol. The van der Waals surface area contributed by atoms with Gasteiger partial charge in [0.05, 0.1) is 0 Å². The van der Waals surface area contributed by atoms with Crippen molar-refractivity contribution in [1.29, 1.82) is 0 Å². The van der Waals surface area contributed by atoms with E-state index in [4.69, 9.17) is 11.6 Å². The highest BCUT2D eigenvalue weighted by Crippen LogP contribution is 2.24. The molecule has 0 saturated heterocycles. The lowest BCUT2D eigenvalue weighted by atomic mass is 10.1.